The molecule has 0 atom stereocenters. The Bertz CT molecular complexity index is 818. The molecule has 0 unspecified atom stereocenters. The van der Waals surface area contributed by atoms with Crippen LogP contribution in [0.25, 0.3) is 16.3 Å². The Morgan fingerprint density at radius 2 is 1.88 bits per heavy atom. The Balaban J connectivity index is 2.59. The first-order valence-corrected chi connectivity index (χ1v) is 8.23. The highest BCUT2D eigenvalue weighted by Crippen LogP contribution is 2.32. The lowest BCUT2D eigenvalue weighted by Gasteiger charge is -2.19. The highest BCUT2D eigenvalue weighted by atomic mass is 35.5. The molecular weight excluding hydrogens is 322 g/mol. The normalized spacial score (nSPS) is 12.7. The number of aromatic nitrogens is 2. The first-order valence-electron chi connectivity index (χ1n) is 7.85. The summed E-state index contributed by atoms with van der Waals surface area (Å²) in [5.41, 5.74) is 3.06. The van der Waals surface area contributed by atoms with Gasteiger partial charge in [-0.1, -0.05) is 56.6 Å². The number of aliphatic hydroxyl groups is 1. The summed E-state index contributed by atoms with van der Waals surface area (Å²) in [4.78, 5) is 3.53. The topological polar surface area (TPSA) is 42.4 Å². The third-order valence-corrected chi connectivity index (χ3v) is 4.39. The van der Waals surface area contributed by atoms with Crippen LogP contribution in [0.1, 0.15) is 50.2 Å². The van der Waals surface area contributed by atoms with Gasteiger partial charge in [-0.3, -0.25) is 4.68 Å². The zero-order valence-corrected chi connectivity index (χ0v) is 15.4. The van der Waals surface area contributed by atoms with Crippen LogP contribution < -0.4 is 0 Å². The molecule has 0 spiro atoms. The van der Waals surface area contributed by atoms with Crippen molar-refractivity contribution in [3.8, 4) is 0 Å². The maximum atomic E-state index is 10.7. The average molecular weight is 344 g/mol. The number of hydrogen-bond donors (Lipinski definition) is 1. The zero-order valence-electron chi connectivity index (χ0n) is 14.7. The predicted octanol–water partition coefficient (Wildman–Crippen LogP) is 5.47. The van der Waals surface area contributed by atoms with Gasteiger partial charge in [-0.05, 0) is 30.4 Å². The number of aliphatic hydroxyl groups excluding tert-OH is 1. The van der Waals surface area contributed by atoms with Crippen LogP contribution in [-0.4, -0.2) is 14.9 Å². The van der Waals surface area contributed by atoms with Gasteiger partial charge >= 0.3 is 0 Å². The summed E-state index contributed by atoms with van der Waals surface area (Å²) in [6.07, 6.45) is 0. The lowest BCUT2D eigenvalue weighted by atomic mass is 9.86. The van der Waals surface area contributed by atoms with Crippen molar-refractivity contribution in [2.75, 3.05) is 0 Å². The summed E-state index contributed by atoms with van der Waals surface area (Å²) in [6, 6.07) is 7.69. The molecule has 0 amide bonds. The van der Waals surface area contributed by atoms with Gasteiger partial charge in [0, 0.05) is 6.54 Å². The molecule has 1 aromatic carbocycles. The third-order valence-electron chi connectivity index (χ3n) is 3.94. The molecule has 5 heteroatoms. The van der Waals surface area contributed by atoms with Gasteiger partial charge in [0.05, 0.1) is 17.3 Å². The van der Waals surface area contributed by atoms with Crippen molar-refractivity contribution >= 4 is 23.1 Å². The molecule has 1 N–H and O–H groups in total. The number of benzene rings is 1. The molecule has 0 bridgehead atoms. The van der Waals surface area contributed by atoms with Crippen LogP contribution in [0, 0.1) is 13.5 Å². The Morgan fingerprint density at radius 1 is 1.29 bits per heavy atom. The predicted molar refractivity (Wildman–Crippen MR) is 98.8 cm³/mol. The van der Waals surface area contributed by atoms with Gasteiger partial charge in [0.15, 0.2) is 5.76 Å². The molecule has 0 aliphatic carbocycles. The van der Waals surface area contributed by atoms with Gasteiger partial charge in [0.25, 0.3) is 0 Å². The highest BCUT2D eigenvalue weighted by molar-refractivity contribution is 6.33. The van der Waals surface area contributed by atoms with Crippen molar-refractivity contribution in [1.29, 1.82) is 0 Å². The summed E-state index contributed by atoms with van der Waals surface area (Å²) >= 11 is 6.28. The van der Waals surface area contributed by atoms with Gasteiger partial charge < -0.3 is 5.11 Å². The van der Waals surface area contributed by atoms with E-state index in [2.05, 4.69) is 30.7 Å². The molecule has 4 nitrogen and oxygen atoms in total. The molecule has 0 aliphatic heterocycles. The Hall–Kier alpha value is -2.25. The van der Waals surface area contributed by atoms with Crippen LogP contribution in [0.2, 0.25) is 5.02 Å². The maximum Gasteiger partial charge on any atom is 0.237 e. The number of rotatable bonds is 3. The van der Waals surface area contributed by atoms with Crippen molar-refractivity contribution in [3.63, 3.8) is 0 Å². The van der Waals surface area contributed by atoms with Gasteiger partial charge in [-0.2, -0.15) is 5.10 Å². The second-order valence-electron chi connectivity index (χ2n) is 6.70. The smallest absolute Gasteiger partial charge is 0.237 e. The minimum absolute atomic E-state index is 0.0316. The van der Waals surface area contributed by atoms with E-state index in [0.29, 0.717) is 28.5 Å². The van der Waals surface area contributed by atoms with Crippen LogP contribution in [0.5, 0.6) is 0 Å². The second-order valence-corrected chi connectivity index (χ2v) is 7.08. The number of nitrogens with zero attached hydrogens (tertiary/aromatic N) is 3. The zero-order chi connectivity index (χ0) is 18.1. The molecule has 0 fully saturated rings. The summed E-state index contributed by atoms with van der Waals surface area (Å²) in [7, 11) is 0. The fourth-order valence-electron chi connectivity index (χ4n) is 2.51. The fourth-order valence-corrected chi connectivity index (χ4v) is 2.73. The molecule has 0 saturated heterocycles. The van der Waals surface area contributed by atoms with E-state index >= 15 is 0 Å². The van der Waals surface area contributed by atoms with Crippen molar-refractivity contribution < 1.29 is 5.11 Å². The van der Waals surface area contributed by atoms with E-state index in [1.165, 1.54) is 5.56 Å². The molecule has 0 aliphatic rings. The monoisotopic (exact) mass is 343 g/mol. The van der Waals surface area contributed by atoms with Gasteiger partial charge in [0.1, 0.15) is 5.69 Å². The average Bonchev–Trinajstić information content (AvgIpc) is 2.82. The number of aryl methyl sites for hydroxylation is 2. The van der Waals surface area contributed by atoms with E-state index < -0.39 is 0 Å². The van der Waals surface area contributed by atoms with E-state index in [4.69, 9.17) is 18.2 Å². The Morgan fingerprint density at radius 3 is 2.33 bits per heavy atom. The molecule has 0 saturated carbocycles. The van der Waals surface area contributed by atoms with E-state index in [9.17, 15) is 5.11 Å². The maximum absolute atomic E-state index is 10.7. The van der Waals surface area contributed by atoms with Crippen LogP contribution >= 0.6 is 11.6 Å². The summed E-state index contributed by atoms with van der Waals surface area (Å²) in [5, 5.41) is 15.4. The fraction of sp³-hybridized carbons (Fsp3) is 0.368. The van der Waals surface area contributed by atoms with Gasteiger partial charge in [0.2, 0.25) is 5.70 Å². The molecule has 2 aromatic rings. The van der Waals surface area contributed by atoms with Crippen molar-refractivity contribution in [1.82, 2.24) is 9.78 Å². The van der Waals surface area contributed by atoms with E-state index in [1.54, 1.807) is 11.6 Å². The highest BCUT2D eigenvalue weighted by Gasteiger charge is 2.21. The Kier molecular flexibility index (Phi) is 5.05. The SMILES string of the molecule is [C-]#[N+]/C(=C(/O)c1c(Cl)c(C)nn1CC)c1ccc(C(C)(C)C)cc1. The molecule has 0 radical (unpaired) electrons. The minimum atomic E-state index is -0.138. The lowest BCUT2D eigenvalue weighted by molar-refractivity contribution is 0.497. The van der Waals surface area contributed by atoms with Gasteiger partial charge in [-0.15, -0.1) is 0 Å². The Labute approximate surface area is 148 Å². The summed E-state index contributed by atoms with van der Waals surface area (Å²) < 4.78 is 1.61. The first kappa shape index (κ1) is 18.1. The van der Waals surface area contributed by atoms with E-state index in [-0.39, 0.29) is 16.9 Å². The first-order chi connectivity index (χ1) is 11.2. The van der Waals surface area contributed by atoms with Crippen LogP contribution in [0.3, 0.4) is 0 Å². The summed E-state index contributed by atoms with van der Waals surface area (Å²) in [5.74, 6) is -0.138. The summed E-state index contributed by atoms with van der Waals surface area (Å²) in [6.45, 7) is 18.1. The van der Waals surface area contributed by atoms with Crippen LogP contribution in [-0.2, 0) is 12.0 Å². The van der Waals surface area contributed by atoms with Crippen molar-refractivity contribution in [2.24, 2.45) is 0 Å². The van der Waals surface area contributed by atoms with Crippen molar-refractivity contribution in [3.05, 3.63) is 63.2 Å². The third kappa shape index (κ3) is 3.32. The molecule has 24 heavy (non-hydrogen) atoms. The molecule has 2 rings (SSSR count). The van der Waals surface area contributed by atoms with Crippen LogP contribution in [0.4, 0.5) is 0 Å². The standard InChI is InChI=1S/C19H22ClN3O/c1-7-23-17(15(20)12(2)22-23)18(24)16(21-6)13-8-10-14(11-9-13)19(3,4)5/h8-11,24H,7H2,1-5H3/b18-16+. The molecule has 1 heterocycles. The largest absolute Gasteiger partial charge is 0.517 e. The number of halogens is 1. The second kappa shape index (κ2) is 6.70. The molecule has 1 aromatic heterocycles. The number of hydrogen-bond acceptors (Lipinski definition) is 2. The lowest BCUT2D eigenvalue weighted by Crippen LogP contribution is -2.10. The quantitative estimate of drug-likeness (QED) is 0.593. The molecule has 126 valence electrons. The van der Waals surface area contributed by atoms with E-state index in [1.807, 2.05) is 31.2 Å². The molecular formula is C19H22ClN3O. The van der Waals surface area contributed by atoms with Gasteiger partial charge in [-0.25, -0.2) is 4.85 Å². The minimum Gasteiger partial charge on any atom is -0.517 e. The van der Waals surface area contributed by atoms with E-state index in [0.717, 1.165) is 0 Å². The van der Waals surface area contributed by atoms with Crippen LogP contribution in [0.15, 0.2) is 24.3 Å². The van der Waals surface area contributed by atoms with Crippen molar-refractivity contribution in [2.45, 2.75) is 46.6 Å².